The number of rotatable bonds is 48. The maximum atomic E-state index is 13.4. The minimum Gasteiger partial charge on any atom is -0.489 e. The maximum Gasteiger partial charge on any atom is 0.338 e. The summed E-state index contributed by atoms with van der Waals surface area (Å²) in [7, 11) is 0. The Morgan fingerprint density at radius 1 is 0.306 bits per heavy atom. The number of carbonyl (C=O) groups is 4. The lowest BCUT2D eigenvalue weighted by molar-refractivity contribution is -0.505. The minimum atomic E-state index is -2.09. The van der Waals surface area contributed by atoms with E-state index in [9.17, 15) is 19.2 Å². The number of carbonyl (C=O) groups excluding carboxylic acids is 4. The Balaban J connectivity index is 0.000000731. The summed E-state index contributed by atoms with van der Waals surface area (Å²) in [6.07, 6.45) is 5.59. The number of hydrogen-bond acceptors (Lipinski definition) is 26. The molecule has 26 nitrogen and oxygen atoms in total. The molecule has 632 valence electrons. The van der Waals surface area contributed by atoms with E-state index >= 15 is 0 Å². The average Bonchev–Trinajstić information content (AvgIpc) is 0.654. The zero-order valence-electron chi connectivity index (χ0n) is 72.3. The van der Waals surface area contributed by atoms with E-state index in [1.165, 1.54) is 6.42 Å². The highest BCUT2D eigenvalue weighted by molar-refractivity contribution is 5.92. The van der Waals surface area contributed by atoms with Gasteiger partial charge in [-0.2, -0.15) is 0 Å². The van der Waals surface area contributed by atoms with Gasteiger partial charge >= 0.3 is 23.9 Å². The lowest BCUT2D eigenvalue weighted by Crippen LogP contribution is -2.88. The first-order valence-corrected chi connectivity index (χ1v) is 39.4. The first-order valence-electron chi connectivity index (χ1n) is 39.4. The number of benzene rings is 2. The van der Waals surface area contributed by atoms with Crippen LogP contribution in [-0.4, -0.2) is 189 Å². The van der Waals surface area contributed by atoms with Crippen molar-refractivity contribution in [3.63, 3.8) is 0 Å². The van der Waals surface area contributed by atoms with Crippen molar-refractivity contribution in [1.29, 1.82) is 0 Å². The fourth-order valence-corrected chi connectivity index (χ4v) is 13.8. The molecule has 0 spiro atoms. The van der Waals surface area contributed by atoms with Gasteiger partial charge in [-0.3, -0.25) is 0 Å². The van der Waals surface area contributed by atoms with E-state index < -0.39 is 81.3 Å². The van der Waals surface area contributed by atoms with Crippen molar-refractivity contribution in [3.8, 4) is 57.5 Å². The summed E-state index contributed by atoms with van der Waals surface area (Å²) in [5.74, 6) is -9.52. The van der Waals surface area contributed by atoms with Crippen molar-refractivity contribution in [2.45, 2.75) is 252 Å². The molecule has 4 unspecified atom stereocenters. The van der Waals surface area contributed by atoms with Crippen LogP contribution in [0.15, 0.2) is 72.9 Å². The van der Waals surface area contributed by atoms with E-state index in [0.29, 0.717) is 11.1 Å². The van der Waals surface area contributed by atoms with Crippen LogP contribution in [0.25, 0.3) is 0 Å². The Kier molecular flexibility index (Phi) is 41.6. The van der Waals surface area contributed by atoms with Crippen molar-refractivity contribution >= 4 is 23.9 Å². The van der Waals surface area contributed by atoms with Gasteiger partial charge in [-0.1, -0.05) is 74.3 Å². The summed E-state index contributed by atoms with van der Waals surface area (Å²) in [6.45, 7) is 68.1. The van der Waals surface area contributed by atoms with Gasteiger partial charge in [0.05, 0.1) is 64.0 Å². The fraction of sp³-hybridized carbons (Fsp3) is 0.671. The molecule has 2 aliphatic rings. The summed E-state index contributed by atoms with van der Waals surface area (Å²) >= 11 is 0. The normalized spacial score (nSPS) is 18.5. The van der Waals surface area contributed by atoms with E-state index in [2.05, 4.69) is 40.2 Å². The zero-order valence-corrected chi connectivity index (χ0v) is 72.3. The van der Waals surface area contributed by atoms with Crippen LogP contribution < -0.4 is 47.4 Å². The Labute approximate surface area is 662 Å². The third-order valence-electron chi connectivity index (χ3n) is 17.5. The van der Waals surface area contributed by atoms with E-state index in [1.807, 2.05) is 69.2 Å². The summed E-state index contributed by atoms with van der Waals surface area (Å²) in [4.78, 5) is 52.8. The van der Waals surface area contributed by atoms with Gasteiger partial charge in [0.15, 0.2) is 46.4 Å². The standard InChI is InChI=1S/C43H72O14.C39H56O12.C3H8/c1-17-46-38(29-27-33(56-35(44)31(11)12)40(48-19-3,49-20-4)42(38,52-23-7)53-24-8)37(15,16)39(47-18-2)30-28-34(57-36(45)32(13)14)41(50-21-5,51-22-6)43(39,54-25-9)55-26-10;1-15-42-27-25(28(43-16-2)32(47-20-6)35(31(27)46-19-5)50-37(40)23(9)10)39(13,14)26-29(44-17-3)33(48-21-7)36(51-38(41)24(11)12)34(49-22-8)30(26)45-18-4;1-3-2/h27-30,33-34H,11,13,17-26H2,1-10,12,14-16H3;9,11,15-22H2,1-8,10,12-14H3;3H2,1-2H3. The van der Waals surface area contributed by atoms with Crippen LogP contribution in [0, 0.1) is 5.41 Å². The summed E-state index contributed by atoms with van der Waals surface area (Å²) < 4.78 is 143. The molecule has 0 aromatic heterocycles. The number of ether oxygens (including phenoxy) is 22. The second-order valence-corrected chi connectivity index (χ2v) is 26.1. The quantitative estimate of drug-likeness (QED) is 0.0196. The maximum absolute atomic E-state index is 13.4. The first kappa shape index (κ1) is 99.8. The monoisotopic (exact) mass is 1570 g/mol. The van der Waals surface area contributed by atoms with Gasteiger partial charge in [0.2, 0.25) is 34.5 Å². The van der Waals surface area contributed by atoms with Crippen molar-refractivity contribution < 1.29 is 123 Å². The molecule has 0 bridgehead atoms. The molecule has 4 rings (SSSR count). The molecule has 0 radical (unpaired) electrons. The molecule has 26 heteroatoms. The Bertz CT molecular complexity index is 3100. The average molecular weight is 1570 g/mol. The summed E-state index contributed by atoms with van der Waals surface area (Å²) in [6, 6.07) is 0. The number of hydrogen-bond donors (Lipinski definition) is 0. The highest BCUT2D eigenvalue weighted by Gasteiger charge is 2.86. The first-order chi connectivity index (χ1) is 52.6. The molecule has 2 aliphatic carbocycles. The van der Waals surface area contributed by atoms with Crippen LogP contribution >= 0.6 is 0 Å². The molecule has 2 aromatic carbocycles. The molecule has 111 heavy (non-hydrogen) atoms. The van der Waals surface area contributed by atoms with Crippen molar-refractivity contribution in [2.75, 3.05) is 119 Å². The second kappa shape index (κ2) is 46.2. The molecule has 0 aliphatic heterocycles. The predicted molar refractivity (Wildman–Crippen MR) is 425 cm³/mol. The third kappa shape index (κ3) is 20.3. The molecule has 0 heterocycles. The molecular formula is C85H136O26. The van der Waals surface area contributed by atoms with Crippen LogP contribution in [0.5, 0.6) is 57.5 Å². The van der Waals surface area contributed by atoms with E-state index in [-0.39, 0.29) is 199 Å². The lowest BCUT2D eigenvalue weighted by atomic mass is 9.52. The Hall–Kier alpha value is -7.24. The smallest absolute Gasteiger partial charge is 0.338 e. The minimum absolute atomic E-state index is 0.0136. The highest BCUT2D eigenvalue weighted by atomic mass is 16.8. The van der Waals surface area contributed by atoms with E-state index in [4.69, 9.17) is 104 Å². The number of esters is 4. The van der Waals surface area contributed by atoms with Crippen LogP contribution in [0.4, 0.5) is 0 Å². The van der Waals surface area contributed by atoms with E-state index in [1.54, 1.807) is 135 Å². The van der Waals surface area contributed by atoms with Gasteiger partial charge in [-0.25, -0.2) is 19.2 Å². The lowest BCUT2D eigenvalue weighted by Gasteiger charge is -2.69. The van der Waals surface area contributed by atoms with Gasteiger partial charge < -0.3 is 104 Å². The van der Waals surface area contributed by atoms with Gasteiger partial charge in [-0.15, -0.1) is 0 Å². The highest BCUT2D eigenvalue weighted by Crippen LogP contribution is 2.68. The molecule has 0 amide bonds. The van der Waals surface area contributed by atoms with Crippen molar-refractivity contribution in [2.24, 2.45) is 5.41 Å². The van der Waals surface area contributed by atoms with E-state index in [0.717, 1.165) is 0 Å². The van der Waals surface area contributed by atoms with Crippen LogP contribution in [0.2, 0.25) is 0 Å². The molecule has 2 aromatic rings. The molecular weight excluding hydrogens is 1440 g/mol. The third-order valence-corrected chi connectivity index (χ3v) is 17.5. The van der Waals surface area contributed by atoms with Gasteiger partial charge in [0.1, 0.15) is 0 Å². The molecule has 0 N–H and O–H groups in total. The van der Waals surface area contributed by atoms with Crippen LogP contribution in [0.3, 0.4) is 0 Å². The molecule has 4 atom stereocenters. The fourth-order valence-electron chi connectivity index (χ4n) is 13.8. The van der Waals surface area contributed by atoms with Crippen molar-refractivity contribution in [1.82, 2.24) is 0 Å². The van der Waals surface area contributed by atoms with Crippen LogP contribution in [0.1, 0.15) is 211 Å². The summed E-state index contributed by atoms with van der Waals surface area (Å²) in [5.41, 5.74) is -4.74. The molecule has 0 fully saturated rings. The largest absolute Gasteiger partial charge is 0.489 e. The Morgan fingerprint density at radius 3 is 0.703 bits per heavy atom. The summed E-state index contributed by atoms with van der Waals surface area (Å²) in [5, 5.41) is 0. The topological polar surface area (TPSA) is 271 Å². The molecule has 0 saturated heterocycles. The molecule has 0 saturated carbocycles. The van der Waals surface area contributed by atoms with Crippen molar-refractivity contribution in [3.05, 3.63) is 84.0 Å². The van der Waals surface area contributed by atoms with Gasteiger partial charge in [0, 0.05) is 99.2 Å². The predicted octanol–water partition coefficient (Wildman–Crippen LogP) is 16.3. The zero-order chi connectivity index (χ0) is 84.5. The second-order valence-electron chi connectivity index (χ2n) is 26.1. The Morgan fingerprint density at radius 2 is 0.514 bits per heavy atom. The SMILES string of the molecule is C=C(C)C(=O)OC1C=CC(OCC)(C(C)(C)C2(OCC)C=CC(OC(=O)C(=C)C)C(OCC)(OCC)C2(OCC)OCC)C(OCC)(OCC)C1(OCC)OCC.C=C(C)C(=O)Oc1c(OCC)c(OCC)c(C(C)(C)c2c(OCC)c(OCC)c(OC(=O)C(=C)C)c(OCC)c2OCC)c(OCC)c1OCC.CCC. The van der Waals surface area contributed by atoms with Crippen LogP contribution in [-0.2, 0) is 81.4 Å². The van der Waals surface area contributed by atoms with Gasteiger partial charge in [-0.05, 0) is 177 Å². The van der Waals surface area contributed by atoms with Gasteiger partial charge in [0.25, 0.3) is 23.1 Å².